The summed E-state index contributed by atoms with van der Waals surface area (Å²) in [4.78, 5) is 12.8. The topological polar surface area (TPSA) is 58.4 Å². The van der Waals surface area contributed by atoms with Crippen LogP contribution in [0.1, 0.15) is 33.6 Å². The van der Waals surface area contributed by atoms with Crippen molar-refractivity contribution in [3.8, 4) is 0 Å². The summed E-state index contributed by atoms with van der Waals surface area (Å²) in [6, 6.07) is 5.30. The van der Waals surface area contributed by atoms with Crippen LogP contribution in [0.15, 0.2) is 18.2 Å². The molecule has 1 aromatic rings. The maximum absolute atomic E-state index is 10.7. The Morgan fingerprint density at radius 3 is 2.57 bits per heavy atom. The zero-order valence-corrected chi connectivity index (χ0v) is 15.1. The third-order valence-corrected chi connectivity index (χ3v) is 4.46. The molecule has 0 aliphatic carbocycles. The lowest BCUT2D eigenvalue weighted by Crippen LogP contribution is -2.25. The molecule has 0 heterocycles. The predicted octanol–water partition coefficient (Wildman–Crippen LogP) is 4.12. The maximum atomic E-state index is 10.7. The van der Waals surface area contributed by atoms with E-state index in [9.17, 15) is 10.1 Å². The van der Waals surface area contributed by atoms with Crippen LogP contribution in [0.25, 0.3) is 0 Å². The Morgan fingerprint density at radius 1 is 1.38 bits per heavy atom. The van der Waals surface area contributed by atoms with Gasteiger partial charge in [0.05, 0.1) is 4.92 Å². The highest BCUT2D eigenvalue weighted by atomic mass is 127. The van der Waals surface area contributed by atoms with Crippen LogP contribution >= 0.6 is 22.6 Å². The average Bonchev–Trinajstić information content (AvgIpc) is 2.45. The van der Waals surface area contributed by atoms with Crippen LogP contribution in [-0.4, -0.2) is 35.5 Å². The smallest absolute Gasteiger partial charge is 0.270 e. The number of halogens is 1. The molecular weight excluding hydrogens is 381 g/mol. The lowest BCUT2D eigenvalue weighted by molar-refractivity contribution is -0.384. The number of hydrogen-bond acceptors (Lipinski definition) is 4. The van der Waals surface area contributed by atoms with Crippen molar-refractivity contribution in [2.45, 2.75) is 39.7 Å². The Hall–Kier alpha value is -0.890. The van der Waals surface area contributed by atoms with Gasteiger partial charge in [0.2, 0.25) is 0 Å². The second kappa shape index (κ2) is 9.19. The van der Waals surface area contributed by atoms with Crippen LogP contribution in [0.4, 0.5) is 11.4 Å². The maximum Gasteiger partial charge on any atom is 0.270 e. The summed E-state index contributed by atoms with van der Waals surface area (Å²) in [7, 11) is 0. The molecule has 6 heteroatoms. The summed E-state index contributed by atoms with van der Waals surface area (Å²) in [6.07, 6.45) is 2.24. The Kier molecular flexibility index (Phi) is 7.95. The van der Waals surface area contributed by atoms with Crippen molar-refractivity contribution in [1.29, 1.82) is 0 Å². The van der Waals surface area contributed by atoms with Crippen LogP contribution in [0.5, 0.6) is 0 Å². The summed E-state index contributed by atoms with van der Waals surface area (Å²) < 4.78 is 0.886. The molecule has 0 amide bonds. The molecule has 1 unspecified atom stereocenters. The number of benzene rings is 1. The van der Waals surface area contributed by atoms with Crippen LogP contribution in [0.3, 0.4) is 0 Å². The van der Waals surface area contributed by atoms with E-state index in [0.29, 0.717) is 6.04 Å². The molecule has 0 spiro atoms. The minimum absolute atomic E-state index is 0.138. The van der Waals surface area contributed by atoms with Gasteiger partial charge in [0, 0.05) is 27.4 Å². The molecule has 0 aliphatic heterocycles. The van der Waals surface area contributed by atoms with Crippen LogP contribution in [0, 0.1) is 13.7 Å². The third kappa shape index (κ3) is 6.17. The number of rotatable bonds is 9. The van der Waals surface area contributed by atoms with Gasteiger partial charge in [-0.1, -0.05) is 13.8 Å². The van der Waals surface area contributed by atoms with Crippen molar-refractivity contribution in [3.05, 3.63) is 31.9 Å². The third-order valence-electron chi connectivity index (χ3n) is 3.57. The molecule has 1 N–H and O–H groups in total. The molecular formula is C15H24IN3O2. The first-order chi connectivity index (χ1) is 9.97. The van der Waals surface area contributed by atoms with E-state index in [4.69, 9.17) is 0 Å². The highest BCUT2D eigenvalue weighted by Crippen LogP contribution is 2.24. The summed E-state index contributed by atoms with van der Waals surface area (Å²) in [5.74, 6) is 0. The van der Waals surface area contributed by atoms with Crippen molar-refractivity contribution in [2.24, 2.45) is 0 Å². The molecule has 118 valence electrons. The average molecular weight is 405 g/mol. The van der Waals surface area contributed by atoms with Crippen LogP contribution in [-0.2, 0) is 0 Å². The monoisotopic (exact) mass is 405 g/mol. The molecule has 0 radical (unpaired) electrons. The number of nitrogens with one attached hydrogen (secondary N) is 1. The normalized spacial score (nSPS) is 12.4. The standard InChI is InChI=1S/C15H24IN3O2/c1-4-18(5-2)10-6-7-12(3)17-15-9-8-13(19(20)21)11-14(15)16/h8-9,11-12,17H,4-7,10H2,1-3H3. The zero-order valence-electron chi connectivity index (χ0n) is 12.9. The molecule has 0 bridgehead atoms. The molecule has 21 heavy (non-hydrogen) atoms. The van der Waals surface area contributed by atoms with Crippen molar-refractivity contribution >= 4 is 34.0 Å². The fraction of sp³-hybridized carbons (Fsp3) is 0.600. The first-order valence-corrected chi connectivity index (χ1v) is 8.48. The van der Waals surface area contributed by atoms with E-state index >= 15 is 0 Å². The van der Waals surface area contributed by atoms with Gasteiger partial charge < -0.3 is 10.2 Å². The summed E-state index contributed by atoms with van der Waals surface area (Å²) in [6.45, 7) is 9.84. The Balaban J connectivity index is 2.47. The predicted molar refractivity (Wildman–Crippen MR) is 95.9 cm³/mol. The molecule has 0 saturated heterocycles. The number of nitro groups is 1. The van der Waals surface area contributed by atoms with Crippen LogP contribution in [0.2, 0.25) is 0 Å². The Labute approximate surface area is 140 Å². The van der Waals surface area contributed by atoms with Crippen molar-refractivity contribution in [2.75, 3.05) is 25.0 Å². The van der Waals surface area contributed by atoms with Gasteiger partial charge in [0.1, 0.15) is 0 Å². The van der Waals surface area contributed by atoms with Crippen molar-refractivity contribution in [3.63, 3.8) is 0 Å². The van der Waals surface area contributed by atoms with Gasteiger partial charge in [0.15, 0.2) is 0 Å². The SMILES string of the molecule is CCN(CC)CCCC(C)Nc1ccc([N+](=O)[O-])cc1I. The molecule has 0 aliphatic rings. The van der Waals surface area contributed by atoms with Gasteiger partial charge in [-0.05, 0) is 68.1 Å². The lowest BCUT2D eigenvalue weighted by Gasteiger charge is -2.20. The first-order valence-electron chi connectivity index (χ1n) is 7.40. The molecule has 0 fully saturated rings. The second-order valence-corrected chi connectivity index (χ2v) is 6.30. The fourth-order valence-electron chi connectivity index (χ4n) is 2.23. The highest BCUT2D eigenvalue weighted by molar-refractivity contribution is 14.1. The number of nitrogens with zero attached hydrogens (tertiary/aromatic N) is 2. The van der Waals surface area contributed by atoms with E-state index in [1.807, 2.05) is 0 Å². The van der Waals surface area contributed by atoms with Crippen molar-refractivity contribution in [1.82, 2.24) is 4.90 Å². The number of non-ortho nitro benzene ring substituents is 1. The van der Waals surface area contributed by atoms with Gasteiger partial charge in [-0.25, -0.2) is 0 Å². The summed E-state index contributed by atoms with van der Waals surface area (Å²) in [5, 5.41) is 14.2. The van der Waals surface area contributed by atoms with Crippen LogP contribution < -0.4 is 5.32 Å². The number of nitro benzene ring substituents is 1. The van der Waals surface area contributed by atoms with Gasteiger partial charge in [-0.3, -0.25) is 10.1 Å². The van der Waals surface area contributed by atoms with E-state index < -0.39 is 0 Å². The first kappa shape index (κ1) is 18.2. The second-order valence-electron chi connectivity index (χ2n) is 5.14. The molecule has 5 nitrogen and oxygen atoms in total. The number of anilines is 1. The van der Waals surface area contributed by atoms with E-state index in [0.717, 1.165) is 41.7 Å². The summed E-state index contributed by atoms with van der Waals surface area (Å²) in [5.41, 5.74) is 1.11. The van der Waals surface area contributed by atoms with E-state index in [1.165, 1.54) is 0 Å². The largest absolute Gasteiger partial charge is 0.382 e. The molecule has 0 aromatic heterocycles. The highest BCUT2D eigenvalue weighted by Gasteiger charge is 2.11. The zero-order chi connectivity index (χ0) is 15.8. The Morgan fingerprint density at radius 2 is 2.05 bits per heavy atom. The fourth-order valence-corrected chi connectivity index (χ4v) is 2.89. The van der Waals surface area contributed by atoms with Gasteiger partial charge >= 0.3 is 0 Å². The molecule has 1 atom stereocenters. The van der Waals surface area contributed by atoms with Gasteiger partial charge in [0.25, 0.3) is 5.69 Å². The summed E-state index contributed by atoms with van der Waals surface area (Å²) >= 11 is 2.14. The quantitative estimate of drug-likeness (QED) is 0.382. The lowest BCUT2D eigenvalue weighted by atomic mass is 10.1. The van der Waals surface area contributed by atoms with Gasteiger partial charge in [-0.15, -0.1) is 0 Å². The number of hydrogen-bond donors (Lipinski definition) is 1. The Bertz CT molecular complexity index is 464. The van der Waals surface area contributed by atoms with Crippen molar-refractivity contribution < 1.29 is 4.92 Å². The van der Waals surface area contributed by atoms with Gasteiger partial charge in [-0.2, -0.15) is 0 Å². The van der Waals surface area contributed by atoms with E-state index in [1.54, 1.807) is 18.2 Å². The molecule has 0 saturated carbocycles. The minimum atomic E-state index is -0.362. The minimum Gasteiger partial charge on any atom is -0.382 e. The molecule has 1 aromatic carbocycles. The van der Waals surface area contributed by atoms with E-state index in [2.05, 4.69) is 53.6 Å². The molecule has 1 rings (SSSR count). The van der Waals surface area contributed by atoms with E-state index in [-0.39, 0.29) is 10.6 Å².